The van der Waals surface area contributed by atoms with Crippen LogP contribution in [0.5, 0.6) is 0 Å². The molecule has 20 heavy (non-hydrogen) atoms. The molecule has 1 unspecified atom stereocenters. The molecule has 102 valence electrons. The number of aromatic nitrogens is 2. The molecule has 2 aromatic carbocycles. The van der Waals surface area contributed by atoms with Gasteiger partial charge >= 0.3 is 0 Å². The van der Waals surface area contributed by atoms with Crippen molar-refractivity contribution in [2.24, 2.45) is 5.84 Å². The van der Waals surface area contributed by atoms with Gasteiger partial charge in [-0.05, 0) is 34.3 Å². The summed E-state index contributed by atoms with van der Waals surface area (Å²) in [7, 11) is 0. The van der Waals surface area contributed by atoms with Gasteiger partial charge < -0.3 is 0 Å². The SMILES string of the molecule is CCc1nnsc1C(NN)c1cccc2ccccc12. The second-order valence-corrected chi connectivity index (χ2v) is 5.39. The van der Waals surface area contributed by atoms with Crippen LogP contribution in [0.3, 0.4) is 0 Å². The van der Waals surface area contributed by atoms with Gasteiger partial charge in [0.25, 0.3) is 0 Å². The minimum atomic E-state index is -0.0731. The number of aryl methyl sites for hydroxylation is 1. The molecule has 0 saturated heterocycles. The molecular weight excluding hydrogens is 268 g/mol. The van der Waals surface area contributed by atoms with Gasteiger partial charge in [-0.25, -0.2) is 5.43 Å². The van der Waals surface area contributed by atoms with Crippen molar-refractivity contribution in [3.05, 3.63) is 58.6 Å². The van der Waals surface area contributed by atoms with Crippen LogP contribution in [0.4, 0.5) is 0 Å². The molecule has 1 atom stereocenters. The predicted molar refractivity (Wildman–Crippen MR) is 82.4 cm³/mol. The van der Waals surface area contributed by atoms with Crippen molar-refractivity contribution in [2.45, 2.75) is 19.4 Å². The predicted octanol–water partition coefficient (Wildman–Crippen LogP) is 2.81. The first-order valence-electron chi connectivity index (χ1n) is 6.60. The Morgan fingerprint density at radius 2 is 2.00 bits per heavy atom. The van der Waals surface area contributed by atoms with Gasteiger partial charge in [0.15, 0.2) is 0 Å². The number of rotatable bonds is 4. The Bertz CT molecular complexity index is 717. The van der Waals surface area contributed by atoms with Crippen LogP contribution < -0.4 is 11.3 Å². The summed E-state index contributed by atoms with van der Waals surface area (Å²) in [5.41, 5.74) is 5.08. The Hall–Kier alpha value is -1.82. The van der Waals surface area contributed by atoms with Gasteiger partial charge in [-0.3, -0.25) is 5.84 Å². The number of hydrazine groups is 1. The first kappa shape index (κ1) is 13.2. The van der Waals surface area contributed by atoms with Crippen LogP contribution in [0.15, 0.2) is 42.5 Å². The summed E-state index contributed by atoms with van der Waals surface area (Å²) in [4.78, 5) is 1.09. The van der Waals surface area contributed by atoms with E-state index in [1.165, 1.54) is 22.3 Å². The summed E-state index contributed by atoms with van der Waals surface area (Å²) < 4.78 is 4.06. The third-order valence-corrected chi connectivity index (χ3v) is 4.31. The Kier molecular flexibility index (Phi) is 3.73. The lowest BCUT2D eigenvalue weighted by atomic mass is 9.97. The third-order valence-electron chi connectivity index (χ3n) is 3.48. The van der Waals surface area contributed by atoms with E-state index >= 15 is 0 Å². The smallest absolute Gasteiger partial charge is 0.0843 e. The van der Waals surface area contributed by atoms with E-state index in [9.17, 15) is 0 Å². The standard InChI is InChI=1S/C15H16N4S/c1-2-13-15(20-19-18-13)14(17-16)12-9-5-7-10-6-3-4-8-11(10)12/h3-9,14,17H,2,16H2,1H3. The fraction of sp³-hybridized carbons (Fsp3) is 0.200. The molecule has 4 nitrogen and oxygen atoms in total. The zero-order chi connectivity index (χ0) is 13.9. The summed E-state index contributed by atoms with van der Waals surface area (Å²) >= 11 is 1.41. The molecule has 5 heteroatoms. The van der Waals surface area contributed by atoms with Crippen molar-refractivity contribution in [1.82, 2.24) is 15.0 Å². The van der Waals surface area contributed by atoms with Crippen LogP contribution in [0.2, 0.25) is 0 Å². The van der Waals surface area contributed by atoms with Crippen LogP contribution in [-0.4, -0.2) is 9.59 Å². The summed E-state index contributed by atoms with van der Waals surface area (Å²) in [5.74, 6) is 5.81. The van der Waals surface area contributed by atoms with Gasteiger partial charge in [0.1, 0.15) is 0 Å². The molecule has 3 rings (SSSR count). The van der Waals surface area contributed by atoms with Crippen LogP contribution in [0, 0.1) is 0 Å². The average Bonchev–Trinajstić information content (AvgIpc) is 2.97. The summed E-state index contributed by atoms with van der Waals surface area (Å²) in [6.07, 6.45) is 0.856. The number of fused-ring (bicyclic) bond motifs is 1. The molecule has 0 spiro atoms. The van der Waals surface area contributed by atoms with Crippen molar-refractivity contribution in [2.75, 3.05) is 0 Å². The summed E-state index contributed by atoms with van der Waals surface area (Å²) in [5, 5.41) is 6.59. The lowest BCUT2D eigenvalue weighted by Gasteiger charge is -2.17. The molecule has 0 aliphatic heterocycles. The van der Waals surface area contributed by atoms with E-state index in [0.29, 0.717) is 0 Å². The van der Waals surface area contributed by atoms with E-state index in [0.717, 1.165) is 22.6 Å². The quantitative estimate of drug-likeness (QED) is 0.571. The number of nitrogens with zero attached hydrogens (tertiary/aromatic N) is 2. The maximum absolute atomic E-state index is 5.81. The van der Waals surface area contributed by atoms with E-state index < -0.39 is 0 Å². The van der Waals surface area contributed by atoms with Gasteiger partial charge in [0.2, 0.25) is 0 Å². The lowest BCUT2D eigenvalue weighted by Crippen LogP contribution is -2.29. The molecule has 0 radical (unpaired) electrons. The minimum absolute atomic E-state index is 0.0731. The zero-order valence-corrected chi connectivity index (χ0v) is 12.0. The first-order chi connectivity index (χ1) is 9.85. The van der Waals surface area contributed by atoms with Crippen molar-refractivity contribution < 1.29 is 0 Å². The van der Waals surface area contributed by atoms with Crippen LogP contribution in [0.1, 0.15) is 29.1 Å². The van der Waals surface area contributed by atoms with Crippen LogP contribution in [0.25, 0.3) is 10.8 Å². The monoisotopic (exact) mass is 284 g/mol. The molecule has 3 aromatic rings. The molecule has 0 fully saturated rings. The number of nitrogens with two attached hydrogens (primary N) is 1. The highest BCUT2D eigenvalue weighted by Gasteiger charge is 2.20. The Balaban J connectivity index is 2.17. The number of benzene rings is 2. The topological polar surface area (TPSA) is 63.8 Å². The highest BCUT2D eigenvalue weighted by atomic mass is 32.1. The summed E-state index contributed by atoms with van der Waals surface area (Å²) in [6, 6.07) is 14.5. The molecule has 0 aliphatic carbocycles. The van der Waals surface area contributed by atoms with Gasteiger partial charge in [0.05, 0.1) is 16.6 Å². The molecule has 3 N–H and O–H groups in total. The molecule has 1 heterocycles. The number of hydrogen-bond donors (Lipinski definition) is 2. The molecule has 0 bridgehead atoms. The molecule has 0 saturated carbocycles. The fourth-order valence-electron chi connectivity index (χ4n) is 2.49. The van der Waals surface area contributed by atoms with Crippen molar-refractivity contribution in [1.29, 1.82) is 0 Å². The molecule has 0 amide bonds. The second-order valence-electron chi connectivity index (χ2n) is 4.61. The Labute approximate surface area is 121 Å². The van der Waals surface area contributed by atoms with Gasteiger partial charge in [-0.1, -0.05) is 53.9 Å². The highest BCUT2D eigenvalue weighted by molar-refractivity contribution is 7.05. The maximum atomic E-state index is 5.81. The van der Waals surface area contributed by atoms with Crippen LogP contribution >= 0.6 is 11.5 Å². The maximum Gasteiger partial charge on any atom is 0.0843 e. The normalized spacial score (nSPS) is 12.7. The van der Waals surface area contributed by atoms with Gasteiger partial charge in [-0.15, -0.1) is 5.10 Å². The second kappa shape index (κ2) is 5.66. The molecule has 1 aromatic heterocycles. The fourth-order valence-corrected chi connectivity index (χ4v) is 3.31. The van der Waals surface area contributed by atoms with Crippen molar-refractivity contribution in [3.63, 3.8) is 0 Å². The van der Waals surface area contributed by atoms with Gasteiger partial charge in [0, 0.05) is 0 Å². The average molecular weight is 284 g/mol. The van der Waals surface area contributed by atoms with Crippen molar-refractivity contribution >= 4 is 22.3 Å². The van der Waals surface area contributed by atoms with E-state index in [-0.39, 0.29) is 6.04 Å². The largest absolute Gasteiger partial charge is 0.271 e. The number of hydrogen-bond acceptors (Lipinski definition) is 5. The molecular formula is C15H16N4S. The van der Waals surface area contributed by atoms with Crippen molar-refractivity contribution in [3.8, 4) is 0 Å². The first-order valence-corrected chi connectivity index (χ1v) is 7.37. The van der Waals surface area contributed by atoms with E-state index in [1.54, 1.807) is 0 Å². The van der Waals surface area contributed by atoms with Gasteiger partial charge in [-0.2, -0.15) is 0 Å². The van der Waals surface area contributed by atoms with E-state index in [1.807, 2.05) is 12.1 Å². The highest BCUT2D eigenvalue weighted by Crippen LogP contribution is 2.31. The third kappa shape index (κ3) is 2.20. The molecule has 0 aliphatic rings. The minimum Gasteiger partial charge on any atom is -0.271 e. The summed E-state index contributed by atoms with van der Waals surface area (Å²) in [6.45, 7) is 2.08. The number of nitrogens with one attached hydrogen (secondary N) is 1. The van der Waals surface area contributed by atoms with Crippen LogP contribution in [-0.2, 0) is 6.42 Å². The Morgan fingerprint density at radius 1 is 1.20 bits per heavy atom. The lowest BCUT2D eigenvalue weighted by molar-refractivity contribution is 0.643. The Morgan fingerprint density at radius 3 is 2.80 bits per heavy atom. The van der Waals surface area contributed by atoms with E-state index in [4.69, 9.17) is 5.84 Å². The zero-order valence-electron chi connectivity index (χ0n) is 11.2. The van der Waals surface area contributed by atoms with E-state index in [2.05, 4.69) is 52.3 Å².